The first kappa shape index (κ1) is 16.5. The van der Waals surface area contributed by atoms with E-state index in [9.17, 15) is 4.79 Å². The summed E-state index contributed by atoms with van der Waals surface area (Å²) in [4.78, 5) is 11.1. The Hall–Kier alpha value is -1.86. The van der Waals surface area contributed by atoms with Gasteiger partial charge in [-0.2, -0.15) is 0 Å². The molecule has 1 atom stereocenters. The number of carboxylic acid groups (broad SMARTS) is 1. The number of benzene rings is 1. The topological polar surface area (TPSA) is 77.0 Å². The van der Waals surface area contributed by atoms with E-state index in [1.807, 2.05) is 0 Å². The molecule has 2 N–H and O–H groups in total. The first-order valence-corrected chi connectivity index (χ1v) is 7.43. The second kappa shape index (κ2) is 7.95. The van der Waals surface area contributed by atoms with E-state index in [1.165, 1.54) is 7.11 Å². The lowest BCUT2D eigenvalue weighted by Crippen LogP contribution is -2.31. The first-order chi connectivity index (χ1) is 10.6. The van der Waals surface area contributed by atoms with Gasteiger partial charge in [-0.05, 0) is 31.0 Å². The van der Waals surface area contributed by atoms with Crippen LogP contribution in [-0.2, 0) is 9.53 Å². The zero-order chi connectivity index (χ0) is 15.9. The van der Waals surface area contributed by atoms with E-state index in [4.69, 9.17) is 31.5 Å². The quantitative estimate of drug-likeness (QED) is 0.737. The smallest absolute Gasteiger partial charge is 0.341 e. The minimum absolute atomic E-state index is 0.206. The van der Waals surface area contributed by atoms with E-state index in [1.54, 1.807) is 18.2 Å². The van der Waals surface area contributed by atoms with E-state index in [0.29, 0.717) is 23.0 Å². The molecule has 0 aliphatic carbocycles. The molecule has 1 aromatic rings. The molecule has 1 aliphatic rings. The van der Waals surface area contributed by atoms with Crippen LogP contribution in [0.15, 0.2) is 18.2 Å². The molecule has 2 rings (SSSR count). The summed E-state index contributed by atoms with van der Waals surface area (Å²) in [7, 11) is 1.50. The Morgan fingerprint density at radius 3 is 2.95 bits per heavy atom. The van der Waals surface area contributed by atoms with Crippen LogP contribution in [0.5, 0.6) is 11.5 Å². The van der Waals surface area contributed by atoms with Gasteiger partial charge in [0.25, 0.3) is 0 Å². The molecule has 0 unspecified atom stereocenters. The van der Waals surface area contributed by atoms with Gasteiger partial charge in [-0.15, -0.1) is 0 Å². The number of carbonyl (C=O) groups is 1. The van der Waals surface area contributed by atoms with Gasteiger partial charge >= 0.3 is 5.97 Å². The van der Waals surface area contributed by atoms with Gasteiger partial charge in [-0.3, -0.25) is 0 Å². The van der Waals surface area contributed by atoms with E-state index < -0.39 is 12.6 Å². The van der Waals surface area contributed by atoms with E-state index in [2.05, 4.69) is 5.32 Å². The normalized spacial score (nSPS) is 17.0. The summed E-state index contributed by atoms with van der Waals surface area (Å²) in [5, 5.41) is 11.8. The number of nitrogens with one attached hydrogen (secondary N) is 1. The lowest BCUT2D eigenvalue weighted by atomic mass is 10.2. The van der Waals surface area contributed by atoms with E-state index in [-0.39, 0.29) is 6.10 Å². The molecule has 7 heteroatoms. The summed E-state index contributed by atoms with van der Waals surface area (Å²) in [6, 6.07) is 5.14. The molecule has 0 spiro atoms. The minimum atomic E-state index is -1.04. The summed E-state index contributed by atoms with van der Waals surface area (Å²) in [6.07, 6.45) is 2.33. The number of rotatable bonds is 7. The van der Waals surface area contributed by atoms with Gasteiger partial charge in [0.05, 0.1) is 13.2 Å². The molecule has 1 heterocycles. The van der Waals surface area contributed by atoms with Gasteiger partial charge in [0, 0.05) is 18.7 Å². The standard InChI is InChI=1S/C15H19NO5S/c1-19-13-7-10(4-5-12(13)21-9-14(17)18)15(22)16-8-11-3-2-6-20-11/h4-5,7,11H,2-3,6,8-9H2,1H3,(H,16,22)(H,17,18)/t11-/m0/s1. The first-order valence-electron chi connectivity index (χ1n) is 7.02. The number of hydrogen-bond donors (Lipinski definition) is 2. The third-order valence-electron chi connectivity index (χ3n) is 3.29. The Balaban J connectivity index is 1.97. The molecule has 1 fully saturated rings. The lowest BCUT2D eigenvalue weighted by molar-refractivity contribution is -0.139. The SMILES string of the molecule is COc1cc(C(=S)NC[C@@H]2CCCO2)ccc1OCC(=O)O. The predicted molar refractivity (Wildman–Crippen MR) is 84.8 cm³/mol. The van der Waals surface area contributed by atoms with E-state index >= 15 is 0 Å². The molecule has 120 valence electrons. The average molecular weight is 325 g/mol. The Bertz CT molecular complexity index is 543. The largest absolute Gasteiger partial charge is 0.493 e. The fourth-order valence-electron chi connectivity index (χ4n) is 2.18. The summed E-state index contributed by atoms with van der Waals surface area (Å²) in [5.41, 5.74) is 0.785. The molecule has 22 heavy (non-hydrogen) atoms. The zero-order valence-corrected chi connectivity index (χ0v) is 13.1. The average Bonchev–Trinajstić information content (AvgIpc) is 3.03. The van der Waals surface area contributed by atoms with Gasteiger partial charge in [-0.25, -0.2) is 4.79 Å². The number of aliphatic carboxylic acids is 1. The maximum atomic E-state index is 10.6. The number of ether oxygens (including phenoxy) is 3. The van der Waals surface area contributed by atoms with Gasteiger partial charge in [-0.1, -0.05) is 12.2 Å². The summed E-state index contributed by atoms with van der Waals surface area (Å²) < 4.78 is 15.9. The number of hydrogen-bond acceptors (Lipinski definition) is 5. The highest BCUT2D eigenvalue weighted by atomic mass is 32.1. The Morgan fingerprint density at radius 2 is 2.32 bits per heavy atom. The van der Waals surface area contributed by atoms with Crippen molar-refractivity contribution in [3.8, 4) is 11.5 Å². The van der Waals surface area contributed by atoms with Crippen molar-refractivity contribution in [1.82, 2.24) is 5.32 Å². The molecule has 6 nitrogen and oxygen atoms in total. The molecule has 1 aromatic carbocycles. The lowest BCUT2D eigenvalue weighted by Gasteiger charge is -2.14. The molecule has 1 aliphatic heterocycles. The predicted octanol–water partition coefficient (Wildman–Crippen LogP) is 1.60. The summed E-state index contributed by atoms with van der Waals surface area (Å²) in [6.45, 7) is 1.07. The number of methoxy groups -OCH3 is 1. The Labute approximate surface area is 134 Å². The van der Waals surface area contributed by atoms with Crippen molar-refractivity contribution < 1.29 is 24.1 Å². The summed E-state index contributed by atoms with van der Waals surface area (Å²) in [5.74, 6) is -0.226. The highest BCUT2D eigenvalue weighted by Crippen LogP contribution is 2.28. The second-order valence-electron chi connectivity index (χ2n) is 4.89. The van der Waals surface area contributed by atoms with Gasteiger partial charge in [0.15, 0.2) is 18.1 Å². The van der Waals surface area contributed by atoms with Crippen LogP contribution in [0.3, 0.4) is 0 Å². The molecule has 0 amide bonds. The van der Waals surface area contributed by atoms with Crippen molar-refractivity contribution in [2.45, 2.75) is 18.9 Å². The number of carboxylic acids is 1. The van der Waals surface area contributed by atoms with E-state index in [0.717, 1.165) is 25.0 Å². The molecule has 0 aromatic heterocycles. The van der Waals surface area contributed by atoms with Crippen LogP contribution in [0.2, 0.25) is 0 Å². The van der Waals surface area contributed by atoms with Crippen LogP contribution in [0.4, 0.5) is 0 Å². The summed E-state index contributed by atoms with van der Waals surface area (Å²) >= 11 is 5.35. The van der Waals surface area contributed by atoms with Crippen molar-refractivity contribution in [2.75, 3.05) is 26.9 Å². The van der Waals surface area contributed by atoms with Crippen LogP contribution < -0.4 is 14.8 Å². The van der Waals surface area contributed by atoms with Gasteiger partial charge in [0.1, 0.15) is 4.99 Å². The van der Waals surface area contributed by atoms with Crippen molar-refractivity contribution >= 4 is 23.2 Å². The molecule has 1 saturated heterocycles. The minimum Gasteiger partial charge on any atom is -0.493 e. The zero-order valence-electron chi connectivity index (χ0n) is 12.3. The maximum absolute atomic E-state index is 10.6. The highest BCUT2D eigenvalue weighted by Gasteiger charge is 2.16. The Kier molecular flexibility index (Phi) is 5.97. The Morgan fingerprint density at radius 1 is 1.50 bits per heavy atom. The van der Waals surface area contributed by atoms with Gasteiger partial charge in [0.2, 0.25) is 0 Å². The molecular formula is C15H19NO5S. The van der Waals surface area contributed by atoms with Crippen molar-refractivity contribution in [1.29, 1.82) is 0 Å². The monoisotopic (exact) mass is 325 g/mol. The molecule has 0 bridgehead atoms. The molecule has 0 saturated carbocycles. The second-order valence-corrected chi connectivity index (χ2v) is 5.30. The van der Waals surface area contributed by atoms with Crippen LogP contribution in [0.1, 0.15) is 18.4 Å². The fraction of sp³-hybridized carbons (Fsp3) is 0.467. The molecular weight excluding hydrogens is 306 g/mol. The van der Waals surface area contributed by atoms with Crippen LogP contribution >= 0.6 is 12.2 Å². The van der Waals surface area contributed by atoms with Crippen LogP contribution in [0, 0.1) is 0 Å². The highest BCUT2D eigenvalue weighted by molar-refractivity contribution is 7.80. The van der Waals surface area contributed by atoms with Crippen LogP contribution in [0.25, 0.3) is 0 Å². The van der Waals surface area contributed by atoms with Crippen molar-refractivity contribution in [2.24, 2.45) is 0 Å². The third kappa shape index (κ3) is 4.57. The van der Waals surface area contributed by atoms with Crippen molar-refractivity contribution in [3.05, 3.63) is 23.8 Å². The third-order valence-corrected chi connectivity index (χ3v) is 3.67. The van der Waals surface area contributed by atoms with Gasteiger partial charge < -0.3 is 24.6 Å². The van der Waals surface area contributed by atoms with Crippen LogP contribution in [-0.4, -0.2) is 49.0 Å². The number of thiocarbonyl (C=S) groups is 1. The van der Waals surface area contributed by atoms with Crippen molar-refractivity contribution in [3.63, 3.8) is 0 Å². The maximum Gasteiger partial charge on any atom is 0.341 e. The molecule has 0 radical (unpaired) electrons. The fourth-order valence-corrected chi connectivity index (χ4v) is 2.39.